The highest BCUT2D eigenvalue weighted by Gasteiger charge is 2.06. The average molecular weight is 287 g/mol. The van der Waals surface area contributed by atoms with Crippen LogP contribution in [-0.4, -0.2) is 11.6 Å². The van der Waals surface area contributed by atoms with Gasteiger partial charge in [-0.05, 0) is 30.2 Å². The van der Waals surface area contributed by atoms with Gasteiger partial charge >= 0.3 is 0 Å². The van der Waals surface area contributed by atoms with Crippen molar-refractivity contribution in [2.45, 2.75) is 13.3 Å². The topological polar surface area (TPSA) is 41.5 Å². The van der Waals surface area contributed by atoms with Crippen molar-refractivity contribution in [3.05, 3.63) is 70.7 Å². The Morgan fingerprint density at radius 2 is 1.80 bits per heavy atom. The molecule has 102 valence electrons. The van der Waals surface area contributed by atoms with Gasteiger partial charge in [0, 0.05) is 10.6 Å². The molecular formula is C16H15ClN2O. The van der Waals surface area contributed by atoms with E-state index in [2.05, 4.69) is 10.5 Å². The van der Waals surface area contributed by atoms with Crippen molar-refractivity contribution in [3.8, 4) is 0 Å². The molecule has 2 aromatic rings. The highest BCUT2D eigenvalue weighted by molar-refractivity contribution is 6.30. The predicted octanol–water partition coefficient (Wildman–Crippen LogP) is 3.88. The minimum Gasteiger partial charge on any atom is -0.267 e. The summed E-state index contributed by atoms with van der Waals surface area (Å²) in [6, 6.07) is 16.5. The van der Waals surface area contributed by atoms with E-state index in [0.717, 1.165) is 17.7 Å². The van der Waals surface area contributed by atoms with Gasteiger partial charge in [-0.2, -0.15) is 5.10 Å². The van der Waals surface area contributed by atoms with Gasteiger partial charge in [0.25, 0.3) is 5.91 Å². The van der Waals surface area contributed by atoms with Crippen LogP contribution in [0.25, 0.3) is 0 Å². The van der Waals surface area contributed by atoms with Crippen LogP contribution in [0.2, 0.25) is 5.02 Å². The van der Waals surface area contributed by atoms with E-state index in [4.69, 9.17) is 11.6 Å². The van der Waals surface area contributed by atoms with E-state index in [1.54, 1.807) is 24.3 Å². The van der Waals surface area contributed by atoms with Crippen LogP contribution >= 0.6 is 11.6 Å². The Kier molecular flexibility index (Phi) is 4.91. The summed E-state index contributed by atoms with van der Waals surface area (Å²) in [5.41, 5.74) is 4.89. The lowest BCUT2D eigenvalue weighted by molar-refractivity contribution is 0.0955. The van der Waals surface area contributed by atoms with Crippen molar-refractivity contribution >= 4 is 23.2 Å². The standard InChI is InChI=1S/C16H15ClN2O/c1-2-15(12-7-4-3-5-8-12)18-19-16(20)13-9-6-10-14(17)11-13/h3-11H,2H2,1H3,(H,19,20)/b18-15+. The Morgan fingerprint density at radius 3 is 2.45 bits per heavy atom. The molecule has 0 aliphatic rings. The van der Waals surface area contributed by atoms with E-state index in [-0.39, 0.29) is 5.91 Å². The lowest BCUT2D eigenvalue weighted by Crippen LogP contribution is -2.19. The van der Waals surface area contributed by atoms with Gasteiger partial charge in [-0.1, -0.05) is 54.9 Å². The van der Waals surface area contributed by atoms with Gasteiger partial charge in [0.2, 0.25) is 0 Å². The maximum Gasteiger partial charge on any atom is 0.271 e. The SMILES string of the molecule is CC/C(=N\NC(=O)c1cccc(Cl)c1)c1ccccc1. The minimum atomic E-state index is -0.269. The smallest absolute Gasteiger partial charge is 0.267 e. The van der Waals surface area contributed by atoms with E-state index in [9.17, 15) is 4.79 Å². The number of carbonyl (C=O) groups excluding carboxylic acids is 1. The number of hydrogen-bond donors (Lipinski definition) is 1. The monoisotopic (exact) mass is 286 g/mol. The molecule has 0 bridgehead atoms. The highest BCUT2D eigenvalue weighted by atomic mass is 35.5. The summed E-state index contributed by atoms with van der Waals surface area (Å²) in [4.78, 5) is 12.0. The second-order valence-electron chi connectivity index (χ2n) is 4.23. The number of hydrazone groups is 1. The van der Waals surface area contributed by atoms with Gasteiger partial charge in [-0.3, -0.25) is 4.79 Å². The van der Waals surface area contributed by atoms with Gasteiger partial charge in [0.1, 0.15) is 0 Å². The van der Waals surface area contributed by atoms with Crippen LogP contribution in [-0.2, 0) is 0 Å². The molecule has 0 spiro atoms. The fourth-order valence-electron chi connectivity index (χ4n) is 1.79. The quantitative estimate of drug-likeness (QED) is 0.672. The molecule has 0 heterocycles. The van der Waals surface area contributed by atoms with Crippen LogP contribution in [0.15, 0.2) is 59.7 Å². The Morgan fingerprint density at radius 1 is 1.10 bits per heavy atom. The van der Waals surface area contributed by atoms with Crippen LogP contribution in [0.1, 0.15) is 29.3 Å². The third kappa shape index (κ3) is 3.68. The van der Waals surface area contributed by atoms with Gasteiger partial charge in [0.05, 0.1) is 5.71 Å². The zero-order valence-corrected chi connectivity index (χ0v) is 11.9. The van der Waals surface area contributed by atoms with Crippen LogP contribution in [0, 0.1) is 0 Å². The summed E-state index contributed by atoms with van der Waals surface area (Å²) >= 11 is 5.86. The fraction of sp³-hybridized carbons (Fsp3) is 0.125. The number of nitrogens with one attached hydrogen (secondary N) is 1. The van der Waals surface area contributed by atoms with Crippen LogP contribution < -0.4 is 5.43 Å². The summed E-state index contributed by atoms with van der Waals surface area (Å²) in [6.45, 7) is 2.00. The van der Waals surface area contributed by atoms with Crippen LogP contribution in [0.5, 0.6) is 0 Å². The minimum absolute atomic E-state index is 0.269. The molecule has 4 heteroatoms. The molecule has 0 aliphatic heterocycles. The van der Waals surface area contributed by atoms with Crippen molar-refractivity contribution in [2.75, 3.05) is 0 Å². The summed E-state index contributed by atoms with van der Waals surface area (Å²) < 4.78 is 0. The van der Waals surface area contributed by atoms with Gasteiger partial charge < -0.3 is 0 Å². The molecule has 0 fully saturated rings. The third-order valence-electron chi connectivity index (χ3n) is 2.82. The Bertz CT molecular complexity index is 623. The van der Waals surface area contributed by atoms with E-state index < -0.39 is 0 Å². The number of halogens is 1. The van der Waals surface area contributed by atoms with E-state index in [1.807, 2.05) is 37.3 Å². The predicted molar refractivity (Wildman–Crippen MR) is 82.2 cm³/mol. The number of hydrogen-bond acceptors (Lipinski definition) is 2. The first-order valence-electron chi connectivity index (χ1n) is 6.38. The Hall–Kier alpha value is -2.13. The Balaban J connectivity index is 2.13. The molecule has 20 heavy (non-hydrogen) atoms. The summed E-state index contributed by atoms with van der Waals surface area (Å²) in [7, 11) is 0. The molecule has 0 aliphatic carbocycles. The molecule has 3 nitrogen and oxygen atoms in total. The second-order valence-corrected chi connectivity index (χ2v) is 4.67. The molecule has 0 radical (unpaired) electrons. The highest BCUT2D eigenvalue weighted by Crippen LogP contribution is 2.10. The lowest BCUT2D eigenvalue weighted by Gasteiger charge is -2.05. The normalized spacial score (nSPS) is 11.2. The van der Waals surface area contributed by atoms with Crippen LogP contribution in [0.4, 0.5) is 0 Å². The van der Waals surface area contributed by atoms with Crippen molar-refractivity contribution in [3.63, 3.8) is 0 Å². The van der Waals surface area contributed by atoms with E-state index >= 15 is 0 Å². The molecule has 0 atom stereocenters. The zero-order chi connectivity index (χ0) is 14.4. The van der Waals surface area contributed by atoms with Gasteiger partial charge in [-0.25, -0.2) is 5.43 Å². The van der Waals surface area contributed by atoms with Crippen molar-refractivity contribution < 1.29 is 4.79 Å². The van der Waals surface area contributed by atoms with Gasteiger partial charge in [0.15, 0.2) is 0 Å². The zero-order valence-electron chi connectivity index (χ0n) is 11.1. The summed E-state index contributed by atoms with van der Waals surface area (Å²) in [5, 5.41) is 4.72. The molecule has 0 saturated carbocycles. The van der Waals surface area contributed by atoms with Crippen molar-refractivity contribution in [1.29, 1.82) is 0 Å². The number of rotatable bonds is 4. The fourth-order valence-corrected chi connectivity index (χ4v) is 1.98. The van der Waals surface area contributed by atoms with E-state index in [0.29, 0.717) is 10.6 Å². The number of nitrogens with zero attached hydrogens (tertiary/aromatic N) is 1. The van der Waals surface area contributed by atoms with Crippen molar-refractivity contribution in [1.82, 2.24) is 5.43 Å². The number of carbonyl (C=O) groups is 1. The number of amides is 1. The van der Waals surface area contributed by atoms with Crippen LogP contribution in [0.3, 0.4) is 0 Å². The molecule has 0 saturated heterocycles. The third-order valence-corrected chi connectivity index (χ3v) is 3.06. The molecule has 1 N–H and O–H groups in total. The van der Waals surface area contributed by atoms with E-state index in [1.165, 1.54) is 0 Å². The molecule has 1 amide bonds. The van der Waals surface area contributed by atoms with Crippen molar-refractivity contribution in [2.24, 2.45) is 5.10 Å². The Labute approximate surface area is 123 Å². The molecule has 2 rings (SSSR count). The summed E-state index contributed by atoms with van der Waals surface area (Å²) in [5.74, 6) is -0.269. The molecule has 2 aromatic carbocycles. The second kappa shape index (κ2) is 6.87. The first-order valence-corrected chi connectivity index (χ1v) is 6.76. The molecule has 0 aromatic heterocycles. The first kappa shape index (κ1) is 14.3. The maximum absolute atomic E-state index is 12.0. The largest absolute Gasteiger partial charge is 0.271 e. The number of benzene rings is 2. The summed E-state index contributed by atoms with van der Waals surface area (Å²) in [6.07, 6.45) is 0.736. The molecular weight excluding hydrogens is 272 g/mol. The first-order chi connectivity index (χ1) is 9.70. The average Bonchev–Trinajstić information content (AvgIpc) is 2.49. The lowest BCUT2D eigenvalue weighted by atomic mass is 10.1. The van der Waals surface area contributed by atoms with Gasteiger partial charge in [-0.15, -0.1) is 0 Å². The molecule has 0 unspecified atom stereocenters. The maximum atomic E-state index is 12.0.